The molecule has 0 spiro atoms. The first-order valence-electron chi connectivity index (χ1n) is 3.69. The van der Waals surface area contributed by atoms with Crippen LogP contribution in [0, 0.1) is 10.1 Å². The first kappa shape index (κ1) is 21.6. The normalized spacial score (nSPS) is 9.83. The van der Waals surface area contributed by atoms with Gasteiger partial charge in [-0.3, -0.25) is 10.1 Å². The largest absolute Gasteiger partial charge is 1.00 e. The summed E-state index contributed by atoms with van der Waals surface area (Å²) in [7, 11) is -5.11. The van der Waals surface area contributed by atoms with Crippen LogP contribution in [0.4, 0.5) is 5.69 Å². The molecule has 18 heavy (non-hydrogen) atoms. The summed E-state index contributed by atoms with van der Waals surface area (Å²) in [5.41, 5.74) is -1.60. The van der Waals surface area contributed by atoms with Gasteiger partial charge in [0.25, 0.3) is 5.69 Å². The van der Waals surface area contributed by atoms with Gasteiger partial charge in [-0.15, -0.1) is 0 Å². The summed E-state index contributed by atoms with van der Waals surface area (Å²) in [6.07, 6.45) is 0. The SMILES string of the molecule is O=C([O-])c1ccc([N+](=O)[O-])cc1S(=O)(=O)[O-].[K+].[K+]. The maximum Gasteiger partial charge on any atom is 1.00 e. The number of nitro benzene ring substituents is 1. The van der Waals surface area contributed by atoms with E-state index >= 15 is 0 Å². The molecule has 0 aliphatic carbocycles. The van der Waals surface area contributed by atoms with Crippen LogP contribution in [0.3, 0.4) is 0 Å². The summed E-state index contributed by atoms with van der Waals surface area (Å²) in [6, 6.07) is 1.78. The van der Waals surface area contributed by atoms with Crippen LogP contribution in [0.2, 0.25) is 0 Å². The van der Waals surface area contributed by atoms with Crippen molar-refractivity contribution in [3.63, 3.8) is 0 Å². The summed E-state index contributed by atoms with van der Waals surface area (Å²) >= 11 is 0. The van der Waals surface area contributed by atoms with Crippen molar-refractivity contribution in [1.29, 1.82) is 0 Å². The van der Waals surface area contributed by atoms with Crippen molar-refractivity contribution in [2.75, 3.05) is 0 Å². The number of non-ortho nitro benzene ring substituents is 1. The van der Waals surface area contributed by atoms with E-state index in [1.54, 1.807) is 0 Å². The molecule has 0 unspecified atom stereocenters. The Morgan fingerprint density at radius 1 is 1.22 bits per heavy atom. The predicted molar refractivity (Wildman–Crippen MR) is 45.4 cm³/mol. The zero-order valence-corrected chi connectivity index (χ0v) is 16.5. The number of benzene rings is 1. The molecule has 0 amide bonds. The number of hydrogen-bond acceptors (Lipinski definition) is 7. The Kier molecular flexibility index (Phi) is 10.2. The molecular formula is C7H3K2NO7S. The van der Waals surface area contributed by atoms with E-state index in [1.807, 2.05) is 0 Å². The maximum absolute atomic E-state index is 10.7. The molecule has 8 nitrogen and oxygen atoms in total. The van der Waals surface area contributed by atoms with Crippen molar-refractivity contribution in [3.8, 4) is 0 Å². The van der Waals surface area contributed by atoms with Gasteiger partial charge in [-0.05, 0) is 6.07 Å². The van der Waals surface area contributed by atoms with Crippen LogP contribution < -0.4 is 108 Å². The van der Waals surface area contributed by atoms with Crippen LogP contribution in [-0.2, 0) is 10.1 Å². The van der Waals surface area contributed by atoms with E-state index in [2.05, 4.69) is 0 Å². The zero-order chi connectivity index (χ0) is 12.5. The fourth-order valence-electron chi connectivity index (χ4n) is 1.00. The van der Waals surface area contributed by atoms with E-state index in [4.69, 9.17) is 0 Å². The molecule has 86 valence electrons. The Hall–Kier alpha value is 1.27. The van der Waals surface area contributed by atoms with Gasteiger partial charge in [0.2, 0.25) is 0 Å². The zero-order valence-electron chi connectivity index (χ0n) is 9.45. The molecule has 0 radical (unpaired) electrons. The number of hydrogen-bond donors (Lipinski definition) is 0. The quantitative estimate of drug-likeness (QED) is 0.233. The molecule has 0 saturated carbocycles. The molecule has 0 fully saturated rings. The molecular weight excluding hydrogens is 320 g/mol. The molecule has 0 bridgehead atoms. The third-order valence-electron chi connectivity index (χ3n) is 1.67. The summed E-state index contributed by atoms with van der Waals surface area (Å²) in [5.74, 6) is -1.90. The van der Waals surface area contributed by atoms with E-state index in [0.29, 0.717) is 12.1 Å². The molecule has 1 aromatic rings. The van der Waals surface area contributed by atoms with Gasteiger partial charge in [0.1, 0.15) is 10.1 Å². The Morgan fingerprint density at radius 2 is 1.72 bits per heavy atom. The van der Waals surface area contributed by atoms with Gasteiger partial charge in [-0.1, -0.05) is 0 Å². The second kappa shape index (κ2) is 8.54. The van der Waals surface area contributed by atoms with Gasteiger partial charge in [0.15, 0.2) is 0 Å². The van der Waals surface area contributed by atoms with E-state index < -0.39 is 37.2 Å². The second-order valence-corrected chi connectivity index (χ2v) is 4.03. The van der Waals surface area contributed by atoms with Crippen molar-refractivity contribution in [3.05, 3.63) is 33.9 Å². The predicted octanol–water partition coefficient (Wildman–Crippen LogP) is -7.13. The van der Waals surface area contributed by atoms with Gasteiger partial charge in [-0.2, -0.15) is 0 Å². The Bertz CT molecular complexity index is 571. The van der Waals surface area contributed by atoms with Crippen LogP contribution in [0.5, 0.6) is 0 Å². The van der Waals surface area contributed by atoms with E-state index in [9.17, 15) is 33.0 Å². The van der Waals surface area contributed by atoms with Crippen LogP contribution in [0.1, 0.15) is 10.4 Å². The molecule has 0 heterocycles. The first-order chi connectivity index (χ1) is 7.23. The van der Waals surface area contributed by atoms with Crippen molar-refractivity contribution >= 4 is 21.8 Å². The Morgan fingerprint density at radius 3 is 2.06 bits per heavy atom. The number of nitro groups is 1. The summed E-state index contributed by atoms with van der Waals surface area (Å²) < 4.78 is 32.0. The average molecular weight is 323 g/mol. The van der Waals surface area contributed by atoms with Crippen molar-refractivity contribution in [1.82, 2.24) is 0 Å². The third-order valence-corrected chi connectivity index (χ3v) is 2.54. The number of carbonyl (C=O) groups excluding carboxylic acids is 1. The van der Waals surface area contributed by atoms with E-state index in [0.717, 1.165) is 6.07 Å². The molecule has 1 rings (SSSR count). The molecule has 11 heteroatoms. The smallest absolute Gasteiger partial charge is 0.744 e. The number of carboxylic acids is 1. The van der Waals surface area contributed by atoms with Crippen molar-refractivity contribution in [2.24, 2.45) is 0 Å². The van der Waals surface area contributed by atoms with E-state index in [1.165, 1.54) is 0 Å². The summed E-state index contributed by atoms with van der Waals surface area (Å²) in [5, 5.41) is 20.8. The number of aromatic carboxylic acids is 1. The van der Waals surface area contributed by atoms with Gasteiger partial charge >= 0.3 is 103 Å². The Labute approximate surface area is 187 Å². The van der Waals surface area contributed by atoms with Crippen LogP contribution in [0.25, 0.3) is 0 Å². The minimum atomic E-state index is -5.11. The maximum atomic E-state index is 10.7. The molecule has 0 aliphatic heterocycles. The monoisotopic (exact) mass is 323 g/mol. The molecule has 1 aromatic carbocycles. The number of carbonyl (C=O) groups is 1. The topological polar surface area (TPSA) is 140 Å². The van der Waals surface area contributed by atoms with Crippen molar-refractivity contribution < 1.29 is 131 Å². The van der Waals surface area contributed by atoms with Gasteiger partial charge < -0.3 is 14.5 Å². The van der Waals surface area contributed by atoms with Crippen molar-refractivity contribution in [2.45, 2.75) is 4.90 Å². The minimum absolute atomic E-state index is 0. The fourth-order valence-corrected chi connectivity index (χ4v) is 1.69. The number of nitrogens with zero attached hydrogens (tertiary/aromatic N) is 1. The minimum Gasteiger partial charge on any atom is -0.744 e. The number of rotatable bonds is 3. The summed E-state index contributed by atoms with van der Waals surface area (Å²) in [6.45, 7) is 0. The Balaban J connectivity index is 0. The summed E-state index contributed by atoms with van der Waals surface area (Å²) in [4.78, 5) is 18.6. The first-order valence-corrected chi connectivity index (χ1v) is 5.10. The molecule has 0 aromatic heterocycles. The van der Waals surface area contributed by atoms with Gasteiger partial charge in [0, 0.05) is 17.7 Å². The average Bonchev–Trinajstić information content (AvgIpc) is 2.15. The van der Waals surface area contributed by atoms with E-state index in [-0.39, 0.29) is 103 Å². The van der Waals surface area contributed by atoms with Crippen LogP contribution in [0.15, 0.2) is 23.1 Å². The second-order valence-electron chi connectivity index (χ2n) is 2.68. The molecule has 0 atom stereocenters. The fraction of sp³-hybridized carbons (Fsp3) is 0. The van der Waals surface area contributed by atoms with Crippen LogP contribution in [-0.4, -0.2) is 23.9 Å². The third kappa shape index (κ3) is 5.72. The molecule has 0 saturated heterocycles. The number of carboxylic acid groups (broad SMARTS) is 1. The van der Waals surface area contributed by atoms with Gasteiger partial charge in [0.05, 0.1) is 15.8 Å². The van der Waals surface area contributed by atoms with Gasteiger partial charge in [-0.25, -0.2) is 8.42 Å². The molecule has 0 N–H and O–H groups in total. The van der Waals surface area contributed by atoms with Crippen LogP contribution >= 0.6 is 0 Å². The molecule has 0 aliphatic rings. The standard InChI is InChI=1S/C7H5NO7S.2K/c9-7(10)5-2-1-4(8(11)12)3-6(5)16(13,14)15;;/h1-3H,(H,9,10)(H,13,14,15);;/q;2*+1/p-2.